The molecule has 0 aliphatic rings. The van der Waals surface area contributed by atoms with Crippen LogP contribution >= 0.6 is 0 Å². The molecule has 68 valence electrons. The Bertz CT molecular complexity index is 448. The predicted octanol–water partition coefficient (Wildman–Crippen LogP) is 1.14. The average molecular weight is 184 g/mol. The molecular weight excluding hydrogens is 176 g/mol. The molecule has 0 bridgehead atoms. The van der Waals surface area contributed by atoms with Gasteiger partial charge in [0.1, 0.15) is 18.0 Å². The molecule has 0 saturated heterocycles. The summed E-state index contributed by atoms with van der Waals surface area (Å²) < 4.78 is 0. The Balaban J connectivity index is 3.47. The SMILES string of the molecule is C=CCc1c(C#N)cnc(N)c1C#N. The van der Waals surface area contributed by atoms with Gasteiger partial charge in [0.05, 0.1) is 11.1 Å². The Hall–Kier alpha value is -2.33. The van der Waals surface area contributed by atoms with E-state index in [1.54, 1.807) is 6.08 Å². The molecule has 0 atom stereocenters. The molecule has 1 heterocycles. The molecule has 1 rings (SSSR count). The quantitative estimate of drug-likeness (QED) is 0.698. The molecule has 0 fully saturated rings. The van der Waals surface area contributed by atoms with Crippen LogP contribution in [0.25, 0.3) is 0 Å². The van der Waals surface area contributed by atoms with Crippen molar-refractivity contribution >= 4 is 5.82 Å². The van der Waals surface area contributed by atoms with Crippen LogP contribution in [0.3, 0.4) is 0 Å². The minimum atomic E-state index is 0.156. The van der Waals surface area contributed by atoms with E-state index in [2.05, 4.69) is 11.6 Å². The summed E-state index contributed by atoms with van der Waals surface area (Å²) in [5, 5.41) is 17.6. The van der Waals surface area contributed by atoms with Gasteiger partial charge < -0.3 is 5.73 Å². The minimum Gasteiger partial charge on any atom is -0.383 e. The van der Waals surface area contributed by atoms with Gasteiger partial charge in [-0.2, -0.15) is 10.5 Å². The van der Waals surface area contributed by atoms with E-state index >= 15 is 0 Å². The first-order valence-electron chi connectivity index (χ1n) is 3.93. The smallest absolute Gasteiger partial charge is 0.141 e. The number of nitrogen functional groups attached to an aromatic ring is 1. The lowest BCUT2D eigenvalue weighted by Gasteiger charge is -2.04. The fourth-order valence-electron chi connectivity index (χ4n) is 1.14. The van der Waals surface area contributed by atoms with Crippen molar-refractivity contribution in [2.45, 2.75) is 6.42 Å². The van der Waals surface area contributed by atoms with Gasteiger partial charge in [0.15, 0.2) is 0 Å². The molecule has 0 aliphatic heterocycles. The molecular formula is C10H8N4. The highest BCUT2D eigenvalue weighted by Crippen LogP contribution is 2.18. The van der Waals surface area contributed by atoms with E-state index in [4.69, 9.17) is 16.3 Å². The fraction of sp³-hybridized carbons (Fsp3) is 0.100. The molecule has 4 nitrogen and oxygen atoms in total. The van der Waals surface area contributed by atoms with E-state index in [-0.39, 0.29) is 11.4 Å². The van der Waals surface area contributed by atoms with Gasteiger partial charge in [-0.15, -0.1) is 6.58 Å². The summed E-state index contributed by atoms with van der Waals surface area (Å²) >= 11 is 0. The molecule has 0 spiro atoms. The summed E-state index contributed by atoms with van der Waals surface area (Å²) in [4.78, 5) is 3.76. The molecule has 14 heavy (non-hydrogen) atoms. The highest BCUT2D eigenvalue weighted by atomic mass is 14.8. The van der Waals surface area contributed by atoms with Crippen molar-refractivity contribution < 1.29 is 0 Å². The van der Waals surface area contributed by atoms with Gasteiger partial charge >= 0.3 is 0 Å². The van der Waals surface area contributed by atoms with E-state index < -0.39 is 0 Å². The maximum Gasteiger partial charge on any atom is 0.141 e. The molecule has 0 saturated carbocycles. The summed E-state index contributed by atoms with van der Waals surface area (Å²) in [5.74, 6) is 0.156. The zero-order valence-corrected chi connectivity index (χ0v) is 7.49. The Morgan fingerprint density at radius 1 is 1.50 bits per heavy atom. The van der Waals surface area contributed by atoms with Gasteiger partial charge in [0.25, 0.3) is 0 Å². The number of aromatic nitrogens is 1. The Morgan fingerprint density at radius 3 is 2.71 bits per heavy atom. The number of anilines is 1. The standard InChI is InChI=1S/C10H8N4/c1-2-3-8-7(4-11)6-14-10(13)9(8)5-12/h2,6H,1,3H2,(H2,13,14). The predicted molar refractivity (Wildman–Crippen MR) is 52.0 cm³/mol. The van der Waals surface area contributed by atoms with Gasteiger partial charge in [-0.25, -0.2) is 4.98 Å². The van der Waals surface area contributed by atoms with Crippen molar-refractivity contribution in [3.8, 4) is 12.1 Å². The lowest BCUT2D eigenvalue weighted by Crippen LogP contribution is -2.02. The average Bonchev–Trinajstić information content (AvgIpc) is 2.19. The van der Waals surface area contributed by atoms with Gasteiger partial charge in [0.2, 0.25) is 0 Å². The third-order valence-electron chi connectivity index (χ3n) is 1.80. The van der Waals surface area contributed by atoms with Gasteiger partial charge in [-0.05, 0) is 12.0 Å². The van der Waals surface area contributed by atoms with Crippen molar-refractivity contribution in [3.63, 3.8) is 0 Å². The molecule has 2 N–H and O–H groups in total. The number of allylic oxidation sites excluding steroid dienone is 1. The van der Waals surface area contributed by atoms with Crippen molar-refractivity contribution in [3.05, 3.63) is 35.5 Å². The largest absolute Gasteiger partial charge is 0.383 e. The zero-order chi connectivity index (χ0) is 10.6. The monoisotopic (exact) mass is 184 g/mol. The summed E-state index contributed by atoms with van der Waals surface area (Å²) in [6.45, 7) is 3.56. The third kappa shape index (κ3) is 1.55. The summed E-state index contributed by atoms with van der Waals surface area (Å²) in [6, 6.07) is 3.90. The van der Waals surface area contributed by atoms with E-state index in [0.29, 0.717) is 17.5 Å². The first-order chi connectivity index (χ1) is 6.74. The van der Waals surface area contributed by atoms with E-state index in [0.717, 1.165) is 0 Å². The number of hydrogen-bond donors (Lipinski definition) is 1. The normalized spacial score (nSPS) is 8.71. The van der Waals surface area contributed by atoms with Crippen LogP contribution in [0.15, 0.2) is 18.9 Å². The van der Waals surface area contributed by atoms with E-state index in [1.807, 2.05) is 12.1 Å². The van der Waals surface area contributed by atoms with Crippen LogP contribution in [0.4, 0.5) is 5.82 Å². The molecule has 1 aromatic rings. The molecule has 0 radical (unpaired) electrons. The van der Waals surface area contributed by atoms with Crippen LogP contribution in [0.5, 0.6) is 0 Å². The molecule has 0 aliphatic carbocycles. The second-order valence-electron chi connectivity index (χ2n) is 2.63. The van der Waals surface area contributed by atoms with Gasteiger partial charge in [0, 0.05) is 6.20 Å². The number of nitriles is 2. The first-order valence-corrected chi connectivity index (χ1v) is 3.93. The fourth-order valence-corrected chi connectivity index (χ4v) is 1.14. The Morgan fingerprint density at radius 2 is 2.21 bits per heavy atom. The maximum atomic E-state index is 8.83. The molecule has 0 amide bonds. The Labute approximate surface area is 81.9 Å². The second-order valence-corrected chi connectivity index (χ2v) is 2.63. The zero-order valence-electron chi connectivity index (χ0n) is 7.49. The van der Waals surface area contributed by atoms with Crippen molar-refractivity contribution in [1.82, 2.24) is 4.98 Å². The van der Waals surface area contributed by atoms with Crippen molar-refractivity contribution in [2.75, 3.05) is 5.73 Å². The third-order valence-corrected chi connectivity index (χ3v) is 1.80. The minimum absolute atomic E-state index is 0.156. The van der Waals surface area contributed by atoms with Crippen LogP contribution in [-0.2, 0) is 6.42 Å². The van der Waals surface area contributed by atoms with Crippen molar-refractivity contribution in [2.24, 2.45) is 0 Å². The first kappa shape index (κ1) is 9.76. The lowest BCUT2D eigenvalue weighted by atomic mass is 10.0. The summed E-state index contributed by atoms with van der Waals surface area (Å²) in [5.41, 5.74) is 6.74. The number of rotatable bonds is 2. The number of nitrogens with zero attached hydrogens (tertiary/aromatic N) is 3. The van der Waals surface area contributed by atoms with Crippen LogP contribution in [0.1, 0.15) is 16.7 Å². The van der Waals surface area contributed by atoms with Crippen molar-refractivity contribution in [1.29, 1.82) is 10.5 Å². The lowest BCUT2D eigenvalue weighted by molar-refractivity contribution is 1.17. The number of hydrogen-bond acceptors (Lipinski definition) is 4. The van der Waals surface area contributed by atoms with Crippen LogP contribution in [0.2, 0.25) is 0 Å². The van der Waals surface area contributed by atoms with Gasteiger partial charge in [-0.3, -0.25) is 0 Å². The van der Waals surface area contributed by atoms with E-state index in [9.17, 15) is 0 Å². The van der Waals surface area contributed by atoms with Gasteiger partial charge in [-0.1, -0.05) is 6.08 Å². The number of pyridine rings is 1. The molecule has 1 aromatic heterocycles. The Kier molecular flexibility index (Phi) is 2.83. The highest BCUT2D eigenvalue weighted by molar-refractivity contribution is 5.58. The van der Waals surface area contributed by atoms with Crippen LogP contribution < -0.4 is 5.73 Å². The number of nitrogens with two attached hydrogens (primary N) is 1. The van der Waals surface area contributed by atoms with Crippen LogP contribution in [0, 0.1) is 22.7 Å². The summed E-state index contributed by atoms with van der Waals surface area (Å²) in [7, 11) is 0. The van der Waals surface area contributed by atoms with E-state index in [1.165, 1.54) is 6.20 Å². The maximum absolute atomic E-state index is 8.83. The molecule has 4 heteroatoms. The summed E-state index contributed by atoms with van der Waals surface area (Å²) in [6.07, 6.45) is 3.43. The topological polar surface area (TPSA) is 86.5 Å². The molecule has 0 aromatic carbocycles. The highest BCUT2D eigenvalue weighted by Gasteiger charge is 2.10. The van der Waals surface area contributed by atoms with Crippen LogP contribution in [-0.4, -0.2) is 4.98 Å². The molecule has 0 unspecified atom stereocenters. The second kappa shape index (κ2) is 4.06.